The second kappa shape index (κ2) is 6.40. The van der Waals surface area contributed by atoms with E-state index in [1.807, 2.05) is 36.4 Å². The van der Waals surface area contributed by atoms with Gasteiger partial charge in [0.25, 0.3) is 0 Å². The average molecular weight is 315 g/mol. The van der Waals surface area contributed by atoms with Crippen LogP contribution in [0.5, 0.6) is 0 Å². The van der Waals surface area contributed by atoms with Gasteiger partial charge in [0.15, 0.2) is 0 Å². The van der Waals surface area contributed by atoms with Crippen molar-refractivity contribution in [1.29, 1.82) is 5.26 Å². The van der Waals surface area contributed by atoms with Gasteiger partial charge >= 0.3 is 0 Å². The number of nitrogens with zero attached hydrogens (tertiary/aromatic N) is 2. The van der Waals surface area contributed by atoms with Crippen molar-refractivity contribution in [2.24, 2.45) is 0 Å². The summed E-state index contributed by atoms with van der Waals surface area (Å²) in [4.78, 5) is 2.21. The van der Waals surface area contributed by atoms with E-state index in [4.69, 9.17) is 0 Å². The summed E-state index contributed by atoms with van der Waals surface area (Å²) in [5.74, 6) is 0. The lowest BCUT2D eigenvalue weighted by molar-refractivity contribution is 0.830. The standard InChI is InChI=1S/C16H15BrN2/c1-2-19(12-13-6-4-3-5-7-13)16-10-15(17)9-8-14(16)11-18/h3-10H,2,12H2,1H3. The molecular weight excluding hydrogens is 300 g/mol. The molecule has 0 N–H and O–H groups in total. The normalized spacial score (nSPS) is 9.95. The van der Waals surface area contributed by atoms with Gasteiger partial charge in [-0.1, -0.05) is 46.3 Å². The molecule has 0 unspecified atom stereocenters. The Bertz CT molecular complexity index is 587. The monoisotopic (exact) mass is 314 g/mol. The zero-order chi connectivity index (χ0) is 13.7. The molecule has 0 amide bonds. The highest BCUT2D eigenvalue weighted by Crippen LogP contribution is 2.26. The van der Waals surface area contributed by atoms with Gasteiger partial charge < -0.3 is 4.90 Å². The first-order valence-corrected chi connectivity index (χ1v) is 7.02. The van der Waals surface area contributed by atoms with Crippen LogP contribution in [0.1, 0.15) is 18.1 Å². The third kappa shape index (κ3) is 3.36. The third-order valence-electron chi connectivity index (χ3n) is 3.02. The van der Waals surface area contributed by atoms with Crippen LogP contribution in [-0.4, -0.2) is 6.54 Å². The molecule has 0 heterocycles. The Hall–Kier alpha value is -1.79. The Morgan fingerprint density at radius 1 is 1.16 bits per heavy atom. The van der Waals surface area contributed by atoms with E-state index < -0.39 is 0 Å². The van der Waals surface area contributed by atoms with Gasteiger partial charge in [-0.15, -0.1) is 0 Å². The van der Waals surface area contributed by atoms with E-state index in [2.05, 4.69) is 46.0 Å². The van der Waals surface area contributed by atoms with Crippen molar-refractivity contribution in [3.05, 3.63) is 64.1 Å². The first-order valence-electron chi connectivity index (χ1n) is 6.23. The van der Waals surface area contributed by atoms with Crippen LogP contribution in [0.15, 0.2) is 53.0 Å². The van der Waals surface area contributed by atoms with E-state index in [1.54, 1.807) is 0 Å². The predicted octanol–water partition coefficient (Wildman–Crippen LogP) is 4.35. The van der Waals surface area contributed by atoms with E-state index in [-0.39, 0.29) is 0 Å². The van der Waals surface area contributed by atoms with Crippen molar-refractivity contribution >= 4 is 21.6 Å². The fourth-order valence-corrected chi connectivity index (χ4v) is 2.38. The first kappa shape index (κ1) is 13.6. The summed E-state index contributed by atoms with van der Waals surface area (Å²) in [6, 6.07) is 18.3. The zero-order valence-corrected chi connectivity index (χ0v) is 12.4. The van der Waals surface area contributed by atoms with Gasteiger partial charge in [-0.25, -0.2) is 0 Å². The van der Waals surface area contributed by atoms with Crippen molar-refractivity contribution in [2.45, 2.75) is 13.5 Å². The van der Waals surface area contributed by atoms with Crippen LogP contribution in [0.2, 0.25) is 0 Å². The Balaban J connectivity index is 2.32. The third-order valence-corrected chi connectivity index (χ3v) is 3.51. The number of hydrogen-bond donors (Lipinski definition) is 0. The first-order chi connectivity index (χ1) is 9.24. The summed E-state index contributed by atoms with van der Waals surface area (Å²) >= 11 is 3.47. The molecule has 0 saturated carbocycles. The quantitative estimate of drug-likeness (QED) is 0.839. The van der Waals surface area contributed by atoms with Gasteiger partial charge in [0.2, 0.25) is 0 Å². The molecule has 0 aliphatic rings. The van der Waals surface area contributed by atoms with E-state index in [0.29, 0.717) is 5.56 Å². The molecule has 0 fully saturated rings. The number of halogens is 1. The lowest BCUT2D eigenvalue weighted by Crippen LogP contribution is -2.22. The minimum absolute atomic E-state index is 0.709. The fourth-order valence-electron chi connectivity index (χ4n) is 2.03. The molecule has 0 saturated heterocycles. The summed E-state index contributed by atoms with van der Waals surface area (Å²) in [7, 11) is 0. The summed E-state index contributed by atoms with van der Waals surface area (Å²) in [6.45, 7) is 3.77. The molecule has 0 atom stereocenters. The summed E-state index contributed by atoms with van der Waals surface area (Å²) in [5, 5.41) is 9.23. The van der Waals surface area contributed by atoms with Crippen LogP contribution < -0.4 is 4.90 Å². The molecule has 0 aliphatic carbocycles. The maximum Gasteiger partial charge on any atom is 0.101 e. The number of nitriles is 1. The topological polar surface area (TPSA) is 27.0 Å². The minimum atomic E-state index is 0.709. The van der Waals surface area contributed by atoms with Crippen LogP contribution in [0.3, 0.4) is 0 Å². The summed E-state index contributed by atoms with van der Waals surface area (Å²) in [6.07, 6.45) is 0. The van der Waals surface area contributed by atoms with Crippen molar-refractivity contribution in [1.82, 2.24) is 0 Å². The molecule has 19 heavy (non-hydrogen) atoms. The molecule has 2 rings (SSSR count). The van der Waals surface area contributed by atoms with Crippen molar-refractivity contribution in [2.75, 3.05) is 11.4 Å². The SMILES string of the molecule is CCN(Cc1ccccc1)c1cc(Br)ccc1C#N. The number of hydrogen-bond acceptors (Lipinski definition) is 2. The zero-order valence-electron chi connectivity index (χ0n) is 10.8. The molecule has 0 spiro atoms. The highest BCUT2D eigenvalue weighted by atomic mass is 79.9. The van der Waals surface area contributed by atoms with Crippen LogP contribution >= 0.6 is 15.9 Å². The Labute approximate surface area is 122 Å². The van der Waals surface area contributed by atoms with Crippen LogP contribution in [0, 0.1) is 11.3 Å². The van der Waals surface area contributed by atoms with Crippen molar-refractivity contribution in [3.8, 4) is 6.07 Å². The minimum Gasteiger partial charge on any atom is -0.366 e. The van der Waals surface area contributed by atoms with Crippen LogP contribution in [0.25, 0.3) is 0 Å². The molecule has 2 nitrogen and oxygen atoms in total. The van der Waals surface area contributed by atoms with Gasteiger partial charge in [0, 0.05) is 17.6 Å². The van der Waals surface area contributed by atoms with E-state index in [1.165, 1.54) is 5.56 Å². The second-order valence-corrected chi connectivity index (χ2v) is 5.19. The van der Waals surface area contributed by atoms with E-state index in [0.717, 1.165) is 23.2 Å². The van der Waals surface area contributed by atoms with E-state index >= 15 is 0 Å². The fraction of sp³-hybridized carbons (Fsp3) is 0.188. The van der Waals surface area contributed by atoms with Gasteiger partial charge in [0.05, 0.1) is 11.3 Å². The maximum absolute atomic E-state index is 9.23. The predicted molar refractivity (Wildman–Crippen MR) is 82.0 cm³/mol. The van der Waals surface area contributed by atoms with E-state index in [9.17, 15) is 5.26 Å². The number of benzene rings is 2. The molecule has 3 heteroatoms. The molecule has 0 radical (unpaired) electrons. The Morgan fingerprint density at radius 3 is 2.53 bits per heavy atom. The van der Waals surface area contributed by atoms with Gasteiger partial charge in [-0.2, -0.15) is 5.26 Å². The van der Waals surface area contributed by atoms with Crippen molar-refractivity contribution in [3.63, 3.8) is 0 Å². The second-order valence-electron chi connectivity index (χ2n) is 4.27. The maximum atomic E-state index is 9.23. The van der Waals surface area contributed by atoms with Crippen LogP contribution in [-0.2, 0) is 6.54 Å². The smallest absolute Gasteiger partial charge is 0.101 e. The molecule has 0 aliphatic heterocycles. The van der Waals surface area contributed by atoms with Gasteiger partial charge in [-0.3, -0.25) is 0 Å². The highest BCUT2D eigenvalue weighted by Gasteiger charge is 2.10. The van der Waals surface area contributed by atoms with Crippen LogP contribution in [0.4, 0.5) is 5.69 Å². The number of anilines is 1. The van der Waals surface area contributed by atoms with Gasteiger partial charge in [-0.05, 0) is 30.7 Å². The lowest BCUT2D eigenvalue weighted by Gasteiger charge is -2.24. The molecule has 2 aromatic rings. The summed E-state index contributed by atoms with van der Waals surface area (Å²) < 4.78 is 0.994. The van der Waals surface area contributed by atoms with Crippen molar-refractivity contribution < 1.29 is 0 Å². The summed E-state index contributed by atoms with van der Waals surface area (Å²) in [5.41, 5.74) is 2.93. The Morgan fingerprint density at radius 2 is 1.89 bits per heavy atom. The lowest BCUT2D eigenvalue weighted by atomic mass is 10.1. The average Bonchev–Trinajstić information content (AvgIpc) is 2.46. The Kier molecular flexibility index (Phi) is 4.59. The van der Waals surface area contributed by atoms with Gasteiger partial charge in [0.1, 0.15) is 6.07 Å². The molecule has 2 aromatic carbocycles. The molecule has 0 aromatic heterocycles. The number of rotatable bonds is 4. The molecular formula is C16H15BrN2. The molecule has 96 valence electrons. The molecule has 0 bridgehead atoms. The highest BCUT2D eigenvalue weighted by molar-refractivity contribution is 9.10. The largest absolute Gasteiger partial charge is 0.366 e.